The molecule has 3 aliphatic rings. The molecule has 4 aromatic rings. The fourth-order valence-electron chi connectivity index (χ4n) is 7.05. The molecule has 3 aromatic carbocycles. The molecule has 3 aliphatic heterocycles. The standard InChI is InChI=1S/C40H41N9O6S/c1-56(55)28-16-10-25(11-17-28)30-6-3-8-33(44-30)45-40(41)43-26-12-14-27(15-13-26)47-21-23-48(24-22-47)35(51)9-4-20-42-31-7-2-5-29-36(31)39(54)49(38(29)53)32-18-19-34(50)46-37(32)52/h2-3,5-8,10-17,32,42H,4,9,18-24H2,1H3,(H,46,50,52)(H3,41,43,44,45). The normalized spacial score (nSPS) is 17.8. The van der Waals surface area contributed by atoms with Gasteiger partial charge in [0.1, 0.15) is 17.8 Å². The highest BCUT2D eigenvalue weighted by atomic mass is 32.2. The summed E-state index contributed by atoms with van der Waals surface area (Å²) in [6.45, 7) is 2.89. The van der Waals surface area contributed by atoms with E-state index >= 15 is 0 Å². The first-order chi connectivity index (χ1) is 27.0. The number of aromatic amines is 1. The number of imide groups is 2. The molecule has 0 saturated carbocycles. The summed E-state index contributed by atoms with van der Waals surface area (Å²) in [5, 5.41) is 16.8. The number of piperazine rings is 1. The van der Waals surface area contributed by atoms with Gasteiger partial charge in [-0.25, -0.2) is 0 Å². The SMILES string of the molecule is C[S+]([O-])c1ccc(-c2ccc/c(=N/C(=N)Nc3ccc(N4CCN(C(=O)CCCNc5cccc6c5C(=O)N(C5CCC(=O)NC5=O)C6=O)CC4)cc3)[nH]2)cc1. The first-order valence-corrected chi connectivity index (χ1v) is 19.9. The Morgan fingerprint density at radius 3 is 2.38 bits per heavy atom. The van der Waals surface area contributed by atoms with Crippen LogP contribution in [0.5, 0.6) is 0 Å². The number of fused-ring (bicyclic) bond motifs is 1. The number of amides is 5. The number of hydrogen-bond donors (Lipinski definition) is 5. The molecule has 15 nitrogen and oxygen atoms in total. The molecule has 0 radical (unpaired) electrons. The number of rotatable bonds is 10. The highest BCUT2D eigenvalue weighted by Crippen LogP contribution is 2.32. The molecule has 1 aromatic heterocycles. The molecule has 5 N–H and O–H groups in total. The number of anilines is 3. The van der Waals surface area contributed by atoms with Crippen LogP contribution in [-0.2, 0) is 25.6 Å². The predicted molar refractivity (Wildman–Crippen MR) is 212 cm³/mol. The van der Waals surface area contributed by atoms with Crippen molar-refractivity contribution < 1.29 is 28.5 Å². The van der Waals surface area contributed by atoms with E-state index in [0.717, 1.165) is 26.7 Å². The van der Waals surface area contributed by atoms with Gasteiger partial charge < -0.3 is 30.0 Å². The van der Waals surface area contributed by atoms with Crippen molar-refractivity contribution in [2.75, 3.05) is 54.5 Å². The molecule has 4 heterocycles. The van der Waals surface area contributed by atoms with Crippen molar-refractivity contribution in [3.05, 3.63) is 102 Å². The Labute approximate surface area is 325 Å². The largest absolute Gasteiger partial charge is 0.612 e. The molecule has 2 saturated heterocycles. The van der Waals surface area contributed by atoms with Crippen LogP contribution in [0.3, 0.4) is 0 Å². The van der Waals surface area contributed by atoms with Crippen LogP contribution in [0.2, 0.25) is 0 Å². The second kappa shape index (κ2) is 16.6. The van der Waals surface area contributed by atoms with Crippen molar-refractivity contribution in [1.82, 2.24) is 20.1 Å². The van der Waals surface area contributed by atoms with E-state index in [9.17, 15) is 28.5 Å². The van der Waals surface area contributed by atoms with Crippen LogP contribution in [0.1, 0.15) is 46.4 Å². The quantitative estimate of drug-likeness (QED) is 0.0526. The van der Waals surface area contributed by atoms with Gasteiger partial charge in [0, 0.05) is 68.3 Å². The number of hydrogen-bond acceptors (Lipinski definition) is 9. The number of H-pyrrole nitrogens is 1. The van der Waals surface area contributed by atoms with Gasteiger partial charge in [0.05, 0.1) is 11.1 Å². The highest BCUT2D eigenvalue weighted by Gasteiger charge is 2.45. The lowest BCUT2D eigenvalue weighted by molar-refractivity contribution is -0.136. The maximum atomic E-state index is 13.3. The Kier molecular flexibility index (Phi) is 11.3. The van der Waals surface area contributed by atoms with Gasteiger partial charge in [0.25, 0.3) is 11.8 Å². The summed E-state index contributed by atoms with van der Waals surface area (Å²) in [5.74, 6) is -2.22. The summed E-state index contributed by atoms with van der Waals surface area (Å²) in [7, 11) is 0. The third-order valence-electron chi connectivity index (χ3n) is 9.99. The first-order valence-electron chi connectivity index (χ1n) is 18.3. The van der Waals surface area contributed by atoms with Crippen molar-refractivity contribution in [1.29, 1.82) is 5.41 Å². The van der Waals surface area contributed by atoms with Crippen molar-refractivity contribution in [3.8, 4) is 11.3 Å². The summed E-state index contributed by atoms with van der Waals surface area (Å²) < 4.78 is 11.7. The maximum Gasteiger partial charge on any atom is 0.264 e. The van der Waals surface area contributed by atoms with Crippen molar-refractivity contribution >= 4 is 63.7 Å². The predicted octanol–water partition coefficient (Wildman–Crippen LogP) is 3.31. The van der Waals surface area contributed by atoms with Gasteiger partial charge in [0.2, 0.25) is 23.7 Å². The Morgan fingerprint density at radius 2 is 1.66 bits per heavy atom. The van der Waals surface area contributed by atoms with Crippen LogP contribution in [-0.4, -0.2) is 99.9 Å². The number of aromatic nitrogens is 1. The summed E-state index contributed by atoms with van der Waals surface area (Å²) in [4.78, 5) is 76.9. The van der Waals surface area contributed by atoms with Crippen LogP contribution in [0.25, 0.3) is 11.3 Å². The van der Waals surface area contributed by atoms with E-state index in [1.807, 2.05) is 65.6 Å². The molecule has 288 valence electrons. The minimum atomic E-state index is -1.05. The number of guanidine groups is 1. The van der Waals surface area contributed by atoms with Gasteiger partial charge in [-0.15, -0.1) is 0 Å². The highest BCUT2D eigenvalue weighted by molar-refractivity contribution is 7.90. The number of nitrogens with zero attached hydrogens (tertiary/aromatic N) is 4. The molecule has 0 bridgehead atoms. The molecule has 2 atom stereocenters. The van der Waals surface area contributed by atoms with E-state index in [1.54, 1.807) is 30.5 Å². The molecule has 16 heteroatoms. The van der Waals surface area contributed by atoms with E-state index in [1.165, 1.54) is 0 Å². The lowest BCUT2D eigenvalue weighted by Crippen LogP contribution is -2.54. The zero-order valence-electron chi connectivity index (χ0n) is 30.7. The topological polar surface area (TPSA) is 206 Å². The van der Waals surface area contributed by atoms with Gasteiger partial charge in [-0.05, 0) is 102 Å². The minimum Gasteiger partial charge on any atom is -0.612 e. The van der Waals surface area contributed by atoms with E-state index < -0.39 is 40.8 Å². The summed E-state index contributed by atoms with van der Waals surface area (Å²) in [6.07, 6.45) is 2.60. The molecule has 2 fully saturated rings. The average molecular weight is 776 g/mol. The third kappa shape index (κ3) is 8.35. The molecular formula is C40H41N9O6S. The lowest BCUT2D eigenvalue weighted by Gasteiger charge is -2.36. The van der Waals surface area contributed by atoms with E-state index in [-0.39, 0.29) is 35.8 Å². The molecule has 56 heavy (non-hydrogen) atoms. The van der Waals surface area contributed by atoms with E-state index in [4.69, 9.17) is 5.41 Å². The van der Waals surface area contributed by atoms with Crippen molar-refractivity contribution in [2.45, 2.75) is 36.6 Å². The van der Waals surface area contributed by atoms with Gasteiger partial charge in [0.15, 0.2) is 4.90 Å². The Morgan fingerprint density at radius 1 is 0.929 bits per heavy atom. The second-order valence-corrected chi connectivity index (χ2v) is 15.0. The molecule has 5 amide bonds. The first kappa shape index (κ1) is 38.0. The van der Waals surface area contributed by atoms with Gasteiger partial charge in [-0.1, -0.05) is 12.1 Å². The molecule has 7 rings (SSSR count). The van der Waals surface area contributed by atoms with E-state index in [0.29, 0.717) is 62.4 Å². The van der Waals surface area contributed by atoms with Crippen LogP contribution >= 0.6 is 0 Å². The summed E-state index contributed by atoms with van der Waals surface area (Å²) in [5.41, 5.74) is 4.83. The number of benzene rings is 3. The zero-order chi connectivity index (χ0) is 39.3. The third-order valence-corrected chi connectivity index (χ3v) is 10.9. The van der Waals surface area contributed by atoms with Crippen LogP contribution in [0.4, 0.5) is 17.1 Å². The number of carbonyl (C=O) groups excluding carboxylic acids is 5. The summed E-state index contributed by atoms with van der Waals surface area (Å²) >= 11 is -1.05. The Balaban J connectivity index is 0.857. The van der Waals surface area contributed by atoms with E-state index in [2.05, 4.69) is 30.8 Å². The average Bonchev–Trinajstić information content (AvgIpc) is 3.46. The monoisotopic (exact) mass is 775 g/mol. The van der Waals surface area contributed by atoms with Crippen LogP contribution in [0, 0.1) is 5.41 Å². The number of carbonyl (C=O) groups is 5. The maximum absolute atomic E-state index is 13.3. The Hall–Kier alpha value is -6.26. The lowest BCUT2D eigenvalue weighted by atomic mass is 10.0. The van der Waals surface area contributed by atoms with Crippen molar-refractivity contribution in [3.63, 3.8) is 0 Å². The molecule has 0 aliphatic carbocycles. The number of pyridine rings is 1. The smallest absolute Gasteiger partial charge is 0.264 e. The fourth-order valence-corrected chi connectivity index (χ4v) is 7.57. The molecular weight excluding hydrogens is 735 g/mol. The second-order valence-electron chi connectivity index (χ2n) is 13.6. The Bertz CT molecular complexity index is 2250. The number of nitrogens with one attached hydrogen (secondary N) is 5. The van der Waals surface area contributed by atoms with Crippen molar-refractivity contribution in [2.24, 2.45) is 4.99 Å². The fraction of sp³-hybridized carbons (Fsp3) is 0.275. The summed E-state index contributed by atoms with van der Waals surface area (Å²) in [6, 6.07) is 24.6. The number of piperidine rings is 1. The molecule has 2 unspecified atom stereocenters. The van der Waals surface area contributed by atoms with Crippen LogP contribution < -0.4 is 26.3 Å². The minimum absolute atomic E-state index is 0.0297. The van der Waals surface area contributed by atoms with Gasteiger partial charge >= 0.3 is 0 Å². The van der Waals surface area contributed by atoms with Crippen LogP contribution in [0.15, 0.2) is 94.8 Å². The van der Waals surface area contributed by atoms with Gasteiger partial charge in [-0.2, -0.15) is 4.99 Å². The van der Waals surface area contributed by atoms with Gasteiger partial charge in [-0.3, -0.25) is 39.6 Å². The zero-order valence-corrected chi connectivity index (χ0v) is 31.5. The molecule has 0 spiro atoms.